The largest absolute Gasteiger partial charge is 0.389 e. The smallest absolute Gasteiger partial charge is 0.346 e. The molecule has 0 N–H and O–H groups in total. The van der Waals surface area contributed by atoms with Crippen molar-refractivity contribution in [3.05, 3.63) is 35.4 Å². The van der Waals surface area contributed by atoms with E-state index >= 15 is 0 Å². The van der Waals surface area contributed by atoms with Crippen molar-refractivity contribution >= 4 is 19.8 Å². The highest BCUT2D eigenvalue weighted by atomic mass is 16.6. The third-order valence-corrected chi connectivity index (χ3v) is 1.78. The molecule has 0 saturated carbocycles. The summed E-state index contributed by atoms with van der Waals surface area (Å²) in [4.78, 5) is 21.8. The highest BCUT2D eigenvalue weighted by Gasteiger charge is 2.23. The van der Waals surface area contributed by atoms with Gasteiger partial charge in [0.25, 0.3) is 0 Å². The molecule has 0 aromatic heterocycles. The van der Waals surface area contributed by atoms with E-state index in [0.717, 1.165) is 5.56 Å². The molecule has 0 atom stereocenters. The lowest BCUT2D eigenvalue weighted by Gasteiger charge is -2.12. The quantitative estimate of drug-likeness (QED) is 0.348. The van der Waals surface area contributed by atoms with Crippen LogP contribution >= 0.6 is 0 Å². The number of hydrogen-bond donors (Lipinski definition) is 0. The minimum atomic E-state index is -0.540. The van der Waals surface area contributed by atoms with E-state index in [1.807, 2.05) is 0 Å². The highest BCUT2D eigenvalue weighted by Crippen LogP contribution is 2.16. The Morgan fingerprint density at radius 2 is 1.86 bits per heavy atom. The maximum Gasteiger partial charge on any atom is 0.346 e. The summed E-state index contributed by atoms with van der Waals surface area (Å²) < 4.78 is 4.43. The van der Waals surface area contributed by atoms with Crippen LogP contribution in [0.5, 0.6) is 0 Å². The average molecular weight is 188 g/mol. The molecule has 0 spiro atoms. The van der Waals surface area contributed by atoms with Gasteiger partial charge in [0.15, 0.2) is 0 Å². The molecule has 0 aliphatic carbocycles. The summed E-state index contributed by atoms with van der Waals surface area (Å²) in [5, 5.41) is 0. The normalized spacial score (nSPS) is 13.5. The molecule has 0 saturated heterocycles. The minimum absolute atomic E-state index is 0.196. The van der Waals surface area contributed by atoms with Crippen molar-refractivity contribution in [1.29, 1.82) is 0 Å². The number of cyclic esters (lactones) is 2. The summed E-state index contributed by atoms with van der Waals surface area (Å²) in [6, 6.07) is 6.96. The Morgan fingerprint density at radius 1 is 1.21 bits per heavy atom. The molecule has 0 bridgehead atoms. The summed E-state index contributed by atoms with van der Waals surface area (Å²) in [5.41, 5.74) is 1.25. The summed E-state index contributed by atoms with van der Waals surface area (Å²) in [6.45, 7) is 1.50. The first-order valence-corrected chi connectivity index (χ1v) is 4.18. The van der Waals surface area contributed by atoms with Crippen LogP contribution in [0.3, 0.4) is 0 Å². The number of benzene rings is 1. The zero-order valence-electron chi connectivity index (χ0n) is 7.82. The zero-order valence-corrected chi connectivity index (χ0v) is 7.82. The van der Waals surface area contributed by atoms with Crippen LogP contribution in [0.2, 0.25) is 6.82 Å². The van der Waals surface area contributed by atoms with Gasteiger partial charge in [-0.2, -0.15) is 0 Å². The standard InChI is InChI=1S/C9H6O3.CH3B/c10-8-5-6-3-1-2-4-7(6)9(11)12-8;1-2/h1-4H,5H2;1H3. The maximum absolute atomic E-state index is 11.1. The monoisotopic (exact) mass is 188 g/mol. The van der Waals surface area contributed by atoms with E-state index in [2.05, 4.69) is 12.6 Å². The number of rotatable bonds is 0. The van der Waals surface area contributed by atoms with E-state index < -0.39 is 11.9 Å². The first kappa shape index (κ1) is 10.5. The fraction of sp³-hybridized carbons (Fsp3) is 0.200. The van der Waals surface area contributed by atoms with Gasteiger partial charge in [0.1, 0.15) is 0 Å². The van der Waals surface area contributed by atoms with Crippen LogP contribution in [0.1, 0.15) is 15.9 Å². The summed E-state index contributed by atoms with van der Waals surface area (Å²) >= 11 is 0. The highest BCUT2D eigenvalue weighted by molar-refractivity contribution is 6.05. The fourth-order valence-corrected chi connectivity index (χ4v) is 1.22. The van der Waals surface area contributed by atoms with Crippen molar-refractivity contribution in [2.45, 2.75) is 13.2 Å². The lowest BCUT2D eigenvalue weighted by Crippen LogP contribution is -2.22. The summed E-state index contributed by atoms with van der Waals surface area (Å²) in [7, 11) is 4.50. The molecule has 0 fully saturated rings. The van der Waals surface area contributed by atoms with Crippen LogP contribution in [-0.2, 0) is 16.0 Å². The minimum Gasteiger partial charge on any atom is -0.389 e. The second-order valence-electron chi connectivity index (χ2n) is 2.60. The van der Waals surface area contributed by atoms with Crippen molar-refractivity contribution < 1.29 is 14.3 Å². The Morgan fingerprint density at radius 3 is 2.57 bits per heavy atom. The van der Waals surface area contributed by atoms with Gasteiger partial charge in [-0.1, -0.05) is 25.0 Å². The lowest BCUT2D eigenvalue weighted by molar-refractivity contribution is -0.137. The molecule has 0 amide bonds. The van der Waals surface area contributed by atoms with Gasteiger partial charge in [-0.25, -0.2) is 4.79 Å². The van der Waals surface area contributed by atoms with E-state index in [-0.39, 0.29) is 6.42 Å². The predicted octanol–water partition coefficient (Wildman–Crippen LogP) is 1.13. The first-order valence-electron chi connectivity index (χ1n) is 4.18. The second-order valence-corrected chi connectivity index (χ2v) is 2.60. The maximum atomic E-state index is 11.1. The molecular weight excluding hydrogens is 179 g/mol. The van der Waals surface area contributed by atoms with Crippen molar-refractivity contribution in [3.8, 4) is 0 Å². The Balaban J connectivity index is 0.000000461. The molecule has 3 nitrogen and oxygen atoms in total. The Kier molecular flexibility index (Phi) is 3.45. The van der Waals surface area contributed by atoms with Crippen LogP contribution < -0.4 is 0 Å². The van der Waals surface area contributed by atoms with Crippen molar-refractivity contribution in [3.63, 3.8) is 0 Å². The van der Waals surface area contributed by atoms with Crippen LogP contribution in [0.4, 0.5) is 0 Å². The van der Waals surface area contributed by atoms with Gasteiger partial charge in [-0.05, 0) is 11.6 Å². The number of esters is 2. The van der Waals surface area contributed by atoms with Gasteiger partial charge in [-0.3, -0.25) is 4.79 Å². The van der Waals surface area contributed by atoms with Crippen molar-refractivity contribution in [2.75, 3.05) is 0 Å². The molecule has 1 heterocycles. The third kappa shape index (κ3) is 2.02. The van der Waals surface area contributed by atoms with Crippen LogP contribution in [0, 0.1) is 0 Å². The molecular formula is C10H9BO3. The number of fused-ring (bicyclic) bond motifs is 1. The Labute approximate surface area is 83.5 Å². The number of ether oxygens (including phenoxy) is 1. The van der Waals surface area contributed by atoms with Crippen LogP contribution in [-0.4, -0.2) is 19.8 Å². The number of hydrogen-bond acceptors (Lipinski definition) is 3. The Bertz CT molecular complexity index is 360. The molecule has 4 heteroatoms. The number of carbonyl (C=O) groups excluding carboxylic acids is 2. The van der Waals surface area contributed by atoms with Gasteiger partial charge in [0.05, 0.1) is 19.8 Å². The number of carbonyl (C=O) groups is 2. The van der Waals surface area contributed by atoms with Gasteiger partial charge in [-0.15, -0.1) is 0 Å². The summed E-state index contributed by atoms with van der Waals surface area (Å²) in [6.07, 6.45) is 0.196. The first-order chi connectivity index (χ1) is 6.77. The Hall–Kier alpha value is -1.58. The molecule has 2 radical (unpaired) electrons. The fourth-order valence-electron chi connectivity index (χ4n) is 1.22. The summed E-state index contributed by atoms with van der Waals surface area (Å²) in [5.74, 6) is -1.01. The van der Waals surface area contributed by atoms with Gasteiger partial charge >= 0.3 is 11.9 Å². The molecule has 1 aromatic carbocycles. The van der Waals surface area contributed by atoms with E-state index in [4.69, 9.17) is 0 Å². The molecule has 2 rings (SSSR count). The van der Waals surface area contributed by atoms with Crippen molar-refractivity contribution in [2.24, 2.45) is 0 Å². The SMILES string of the molecule is O=C1Cc2ccccc2C(=O)O1.[B]C. The van der Waals surface area contributed by atoms with Crippen molar-refractivity contribution in [1.82, 2.24) is 0 Å². The molecule has 1 aliphatic rings. The van der Waals surface area contributed by atoms with E-state index in [1.165, 1.54) is 6.82 Å². The van der Waals surface area contributed by atoms with Crippen LogP contribution in [0.25, 0.3) is 0 Å². The van der Waals surface area contributed by atoms with E-state index in [0.29, 0.717) is 5.56 Å². The van der Waals surface area contributed by atoms with Gasteiger partial charge in [0, 0.05) is 0 Å². The topological polar surface area (TPSA) is 43.4 Å². The van der Waals surface area contributed by atoms with E-state index in [1.54, 1.807) is 24.3 Å². The average Bonchev–Trinajstić information content (AvgIpc) is 2.20. The third-order valence-electron chi connectivity index (χ3n) is 1.78. The van der Waals surface area contributed by atoms with Gasteiger partial charge < -0.3 is 4.74 Å². The van der Waals surface area contributed by atoms with Crippen LogP contribution in [0.15, 0.2) is 24.3 Å². The lowest BCUT2D eigenvalue weighted by atomic mass is 10.0. The van der Waals surface area contributed by atoms with Gasteiger partial charge in [0.2, 0.25) is 0 Å². The molecule has 0 unspecified atom stereocenters. The second kappa shape index (κ2) is 4.60. The van der Waals surface area contributed by atoms with E-state index in [9.17, 15) is 9.59 Å². The molecule has 14 heavy (non-hydrogen) atoms. The predicted molar refractivity (Wildman–Crippen MR) is 52.2 cm³/mol. The molecule has 70 valence electrons. The zero-order chi connectivity index (χ0) is 10.6. The molecule has 1 aliphatic heterocycles. The molecule has 1 aromatic rings.